The van der Waals surface area contributed by atoms with Crippen molar-refractivity contribution >= 4 is 46.8 Å². The summed E-state index contributed by atoms with van der Waals surface area (Å²) in [5, 5.41) is 9.35. The summed E-state index contributed by atoms with van der Waals surface area (Å²) in [5.74, 6) is -2.19. The minimum absolute atomic E-state index is 0.00189. The summed E-state index contributed by atoms with van der Waals surface area (Å²) in [4.78, 5) is 49.0. The van der Waals surface area contributed by atoms with Crippen molar-refractivity contribution in [2.75, 3.05) is 50.8 Å². The van der Waals surface area contributed by atoms with E-state index in [-0.39, 0.29) is 51.5 Å². The number of rotatable bonds is 13. The van der Waals surface area contributed by atoms with Gasteiger partial charge in [0, 0.05) is 123 Å². The van der Waals surface area contributed by atoms with Crippen molar-refractivity contribution < 1.29 is 64.4 Å². The predicted molar refractivity (Wildman–Crippen MR) is 356 cm³/mol. The van der Waals surface area contributed by atoms with Crippen LogP contribution < -0.4 is 9.80 Å². The first-order valence-electron chi connectivity index (χ1n) is 32.5. The highest BCUT2D eigenvalue weighted by molar-refractivity contribution is 7.80. The number of fused-ring (bicyclic) bond motifs is 3. The summed E-state index contributed by atoms with van der Waals surface area (Å²) in [5.41, 5.74) is 4.25. The number of carbonyl (C=O) groups excluding carboxylic acids is 3. The van der Waals surface area contributed by atoms with Gasteiger partial charge in [0.25, 0.3) is 0 Å². The largest absolute Gasteiger partial charge is 0.443 e. The maximum absolute atomic E-state index is 14.8. The third-order valence-electron chi connectivity index (χ3n) is 18.9. The van der Waals surface area contributed by atoms with E-state index >= 15 is 0 Å². The molecule has 3 fully saturated rings. The average Bonchev–Trinajstić information content (AvgIpc) is 1.62. The normalized spacial score (nSPS) is 17.0. The molecule has 6 aliphatic rings. The summed E-state index contributed by atoms with van der Waals surface area (Å²) in [6.45, 7) is 13.8. The zero-order valence-electron chi connectivity index (χ0n) is 56.4. The molecule has 8 heterocycles. The van der Waals surface area contributed by atoms with Crippen LogP contribution in [0.25, 0.3) is 33.8 Å². The Morgan fingerprint density at radius 3 is 1.36 bits per heavy atom. The molecule has 0 radical (unpaired) electrons. The number of H-pyrrole nitrogens is 1. The molecular formula is C72H80F6N10O8S. The van der Waals surface area contributed by atoms with Crippen molar-refractivity contribution in [1.82, 2.24) is 38.6 Å². The lowest BCUT2D eigenvalue weighted by atomic mass is 10.1. The van der Waals surface area contributed by atoms with E-state index in [4.69, 9.17) is 35.9 Å². The van der Waals surface area contributed by atoms with E-state index in [1.807, 2.05) is 40.5 Å². The highest BCUT2D eigenvalue weighted by Gasteiger charge is 2.51. The molecule has 0 unspecified atom stereocenters. The Morgan fingerprint density at radius 1 is 0.536 bits per heavy atom. The van der Waals surface area contributed by atoms with E-state index in [1.165, 1.54) is 58.7 Å². The number of ketones is 1. The lowest BCUT2D eigenvalue weighted by Gasteiger charge is -2.30. The van der Waals surface area contributed by atoms with E-state index in [0.717, 1.165) is 90.6 Å². The maximum Gasteiger partial charge on any atom is 0.419 e. The molecule has 18 nitrogen and oxygen atoms in total. The van der Waals surface area contributed by atoms with Gasteiger partial charge in [0.2, 0.25) is 0 Å². The number of anilines is 2. The fraction of sp³-hybridized carbons (Fsp3) is 0.444. The molecule has 14 rings (SSSR count). The Kier molecular flexibility index (Phi) is 18.4. The minimum atomic E-state index is -0.790. The van der Waals surface area contributed by atoms with Crippen molar-refractivity contribution in [1.29, 1.82) is 0 Å². The second kappa shape index (κ2) is 26.0. The molecule has 1 N–H and O–H groups in total. The summed E-state index contributed by atoms with van der Waals surface area (Å²) in [6.07, 6.45) is 5.71. The van der Waals surface area contributed by atoms with Crippen LogP contribution >= 0.6 is 12.2 Å². The topological polar surface area (TPSA) is 168 Å². The predicted octanol–water partition coefficient (Wildman–Crippen LogP) is 14.1. The average molecular weight is 1360 g/mol. The summed E-state index contributed by atoms with van der Waals surface area (Å²) < 4.78 is 121. The van der Waals surface area contributed by atoms with E-state index in [2.05, 4.69) is 31.0 Å². The number of methoxy groups -OCH3 is 3. The molecule has 25 heteroatoms. The second-order valence-corrected chi connectivity index (χ2v) is 28.2. The number of aromatic amines is 1. The molecule has 8 aromatic rings. The fourth-order valence-electron chi connectivity index (χ4n) is 13.3. The second-order valence-electron chi connectivity index (χ2n) is 27.7. The van der Waals surface area contributed by atoms with Crippen molar-refractivity contribution in [3.05, 3.63) is 165 Å². The number of Topliss-reactive ketones (excluding diaryl/α,β-unsaturated/α-hetero) is 1. The van der Waals surface area contributed by atoms with E-state index in [1.54, 1.807) is 67.9 Å². The first kappa shape index (κ1) is 68.4. The number of aromatic nitrogens is 7. The minimum Gasteiger partial charge on any atom is -0.443 e. The van der Waals surface area contributed by atoms with Crippen molar-refractivity contribution in [2.24, 2.45) is 14.1 Å². The van der Waals surface area contributed by atoms with E-state index < -0.39 is 63.9 Å². The lowest BCUT2D eigenvalue weighted by molar-refractivity contribution is -0.130. The van der Waals surface area contributed by atoms with Gasteiger partial charge in [-0.3, -0.25) is 14.2 Å². The van der Waals surface area contributed by atoms with Crippen LogP contribution in [0.5, 0.6) is 0 Å². The molecule has 3 aliphatic carbocycles. The number of thiocarbonyl (C=S) groups is 1. The Labute approximate surface area is 564 Å². The van der Waals surface area contributed by atoms with Crippen LogP contribution in [0.2, 0.25) is 0 Å². The SMILES string of the molecule is COC1(C(=O)CC(=S)N2CCc3c(cc(-c4c(F)cccc4F)n3C(=O)OC(C)(C)C)C2)CC1.COC1(c2cc(N3CCc4[nH]c(-c5c(F)cccc5F)cc4C3)n(C)n2)CC1.COC1(c2cc(N3CCc4c(cc(-c5c(F)cccc5F)n4C(=O)OC(C)(C)C)C3)n(C)n2)CC1. The summed E-state index contributed by atoms with van der Waals surface area (Å²) in [6, 6.07) is 20.5. The van der Waals surface area contributed by atoms with Crippen molar-refractivity contribution in [3.8, 4) is 33.8 Å². The van der Waals surface area contributed by atoms with E-state index in [0.29, 0.717) is 86.0 Å². The molecular weight excluding hydrogens is 1280 g/mol. The van der Waals surface area contributed by atoms with Gasteiger partial charge in [-0.2, -0.15) is 10.2 Å². The first-order valence-corrected chi connectivity index (χ1v) is 32.9. The smallest absolute Gasteiger partial charge is 0.419 e. The van der Waals surface area contributed by atoms with Crippen molar-refractivity contribution in [3.63, 3.8) is 0 Å². The van der Waals surface area contributed by atoms with Gasteiger partial charge < -0.3 is 43.4 Å². The molecule has 0 amide bonds. The molecule has 3 aromatic carbocycles. The molecule has 0 saturated heterocycles. The molecule has 97 heavy (non-hydrogen) atoms. The zero-order valence-corrected chi connectivity index (χ0v) is 57.2. The number of carbonyl (C=O) groups is 3. The Balaban J connectivity index is 0.000000140. The van der Waals surface area contributed by atoms with Crippen LogP contribution in [-0.4, -0.2) is 119 Å². The standard InChI is InChI=1S/C26H30F2N4O3.C25H28F2N2O4S.C21H22F2N4O/c1-25(2,3)35-24(33)32-19-9-12-31(22-14-21(29-30(22)4)26(34-5)10-11-26)15-16(19)13-20(32)23-17(27)7-6-8-18(23)28;1-24(2,3)33-23(31)29-18-8-11-28(21(34)13-20(30)25(32-4)9-10-25)14-15(18)12-19(29)22-16(26)6-5-7-17(22)27;1-26-19(11-18(25-26)21(28-2)7-8-21)27-9-6-16-13(12-27)10-17(24-16)20-14(22)4-3-5-15(20)23/h6-8,13-14H,9-12,15H2,1-5H3;5-7,12H,8-11,13-14H2,1-4H3;3-5,10-11,24H,6-9,12H2,1-2H3. The Bertz CT molecular complexity index is 4330. The molecule has 514 valence electrons. The van der Waals surface area contributed by atoms with Crippen LogP contribution in [0, 0.1) is 34.9 Å². The van der Waals surface area contributed by atoms with E-state index in [9.17, 15) is 40.7 Å². The van der Waals surface area contributed by atoms with Gasteiger partial charge in [0.15, 0.2) is 5.78 Å². The number of nitrogens with zero attached hydrogens (tertiary/aromatic N) is 9. The number of ether oxygens (including phenoxy) is 5. The number of aryl methyl sites for hydroxylation is 2. The lowest BCUT2D eigenvalue weighted by Crippen LogP contribution is -2.39. The number of benzene rings is 3. The Hall–Kier alpha value is -8.52. The maximum atomic E-state index is 14.8. The van der Waals surface area contributed by atoms with Crippen molar-refractivity contribution in [2.45, 2.75) is 153 Å². The Morgan fingerprint density at radius 2 is 0.948 bits per heavy atom. The summed E-state index contributed by atoms with van der Waals surface area (Å²) in [7, 11) is 8.81. The van der Waals surface area contributed by atoms with Crippen LogP contribution in [0.1, 0.15) is 132 Å². The molecule has 3 saturated carbocycles. The highest BCUT2D eigenvalue weighted by atomic mass is 32.1. The van der Waals surface area contributed by atoms with Crippen LogP contribution in [0.4, 0.5) is 47.6 Å². The van der Waals surface area contributed by atoms with Crippen LogP contribution in [0.3, 0.4) is 0 Å². The number of hydrogen-bond donors (Lipinski definition) is 1. The monoisotopic (exact) mass is 1360 g/mol. The zero-order chi connectivity index (χ0) is 69.4. The molecule has 5 aromatic heterocycles. The van der Waals surface area contributed by atoms with Gasteiger partial charge in [-0.1, -0.05) is 30.4 Å². The first-order chi connectivity index (χ1) is 46.0. The quantitative estimate of drug-likeness (QED) is 0.0855. The van der Waals surface area contributed by atoms with Gasteiger partial charge in [-0.05, 0) is 151 Å². The van der Waals surface area contributed by atoms with Gasteiger partial charge in [-0.15, -0.1) is 0 Å². The fourth-order valence-corrected chi connectivity index (χ4v) is 13.6. The van der Waals surface area contributed by atoms with Crippen LogP contribution in [-0.2, 0) is 92.7 Å². The molecule has 3 aliphatic heterocycles. The number of nitrogens with one attached hydrogen (secondary N) is 1. The molecule has 0 atom stereocenters. The van der Waals surface area contributed by atoms with Gasteiger partial charge in [-0.25, -0.2) is 45.1 Å². The van der Waals surface area contributed by atoms with Crippen LogP contribution in [0.15, 0.2) is 84.9 Å². The van der Waals surface area contributed by atoms with Gasteiger partial charge in [0.1, 0.15) is 74.5 Å². The summed E-state index contributed by atoms with van der Waals surface area (Å²) >= 11 is 5.55. The molecule has 0 spiro atoms. The van der Waals surface area contributed by atoms with Gasteiger partial charge >= 0.3 is 12.2 Å². The molecule has 0 bridgehead atoms. The highest BCUT2D eigenvalue weighted by Crippen LogP contribution is 2.50. The third kappa shape index (κ3) is 13.6. The van der Waals surface area contributed by atoms with Gasteiger partial charge in [0.05, 0.1) is 56.6 Å². The third-order valence-corrected chi connectivity index (χ3v) is 19.3. The number of halogens is 6. The number of hydrogen-bond acceptors (Lipinski definition) is 13.